The molecular formula is C27H44O5. The Hall–Kier alpha value is -1.88. The Kier molecular flexibility index (Phi) is 17.4. The SMILES string of the molecule is CC(=O)OC(CCCCCCCCCCCCC(=O)O)CCCCOCc1ccccc1. The van der Waals surface area contributed by atoms with Gasteiger partial charge in [-0.05, 0) is 44.1 Å². The maximum absolute atomic E-state index is 11.4. The van der Waals surface area contributed by atoms with Gasteiger partial charge in [0.25, 0.3) is 0 Å². The zero-order valence-electron chi connectivity index (χ0n) is 20.1. The molecule has 0 aliphatic heterocycles. The molecule has 0 fully saturated rings. The van der Waals surface area contributed by atoms with Crippen molar-refractivity contribution in [3.8, 4) is 0 Å². The predicted octanol–water partition coefficient (Wildman–Crippen LogP) is 7.07. The number of carboxylic acids is 1. The molecule has 0 spiro atoms. The lowest BCUT2D eigenvalue weighted by Crippen LogP contribution is -2.16. The van der Waals surface area contributed by atoms with E-state index in [-0.39, 0.29) is 12.1 Å². The molecule has 1 atom stereocenters. The molecule has 32 heavy (non-hydrogen) atoms. The average molecular weight is 449 g/mol. The van der Waals surface area contributed by atoms with Crippen molar-refractivity contribution in [2.45, 2.75) is 116 Å². The zero-order chi connectivity index (χ0) is 23.3. The second-order valence-electron chi connectivity index (χ2n) is 8.73. The minimum atomic E-state index is -0.686. The molecule has 0 bridgehead atoms. The molecule has 0 aliphatic carbocycles. The number of unbranched alkanes of at least 4 members (excludes halogenated alkanes) is 10. The molecule has 5 heteroatoms. The summed E-state index contributed by atoms with van der Waals surface area (Å²) in [6.07, 6.45) is 15.7. The summed E-state index contributed by atoms with van der Waals surface area (Å²) in [6.45, 7) is 2.89. The van der Waals surface area contributed by atoms with Gasteiger partial charge in [-0.2, -0.15) is 0 Å². The van der Waals surface area contributed by atoms with Crippen molar-refractivity contribution in [3.05, 3.63) is 35.9 Å². The molecule has 1 unspecified atom stereocenters. The van der Waals surface area contributed by atoms with Crippen molar-refractivity contribution in [3.63, 3.8) is 0 Å². The third-order valence-corrected chi connectivity index (χ3v) is 5.68. The van der Waals surface area contributed by atoms with Gasteiger partial charge in [0.05, 0.1) is 6.61 Å². The van der Waals surface area contributed by atoms with Crippen molar-refractivity contribution < 1.29 is 24.2 Å². The minimum Gasteiger partial charge on any atom is -0.481 e. The monoisotopic (exact) mass is 448 g/mol. The van der Waals surface area contributed by atoms with Crippen molar-refractivity contribution in [2.75, 3.05) is 6.61 Å². The summed E-state index contributed by atoms with van der Waals surface area (Å²) >= 11 is 0. The topological polar surface area (TPSA) is 72.8 Å². The molecule has 0 aliphatic rings. The van der Waals surface area contributed by atoms with Gasteiger partial charge in [0.2, 0.25) is 0 Å². The largest absolute Gasteiger partial charge is 0.481 e. The summed E-state index contributed by atoms with van der Waals surface area (Å²) in [5, 5.41) is 8.61. The van der Waals surface area contributed by atoms with Crippen molar-refractivity contribution >= 4 is 11.9 Å². The number of aliphatic carboxylic acids is 1. The summed E-state index contributed by atoms with van der Waals surface area (Å²) < 4.78 is 11.2. The van der Waals surface area contributed by atoms with Gasteiger partial charge in [-0.1, -0.05) is 81.7 Å². The highest BCUT2D eigenvalue weighted by molar-refractivity contribution is 5.66. The van der Waals surface area contributed by atoms with Crippen LogP contribution in [0.2, 0.25) is 0 Å². The number of hydrogen-bond acceptors (Lipinski definition) is 4. The number of benzene rings is 1. The van der Waals surface area contributed by atoms with Gasteiger partial charge in [-0.25, -0.2) is 0 Å². The second-order valence-corrected chi connectivity index (χ2v) is 8.73. The van der Waals surface area contributed by atoms with E-state index in [0.29, 0.717) is 13.0 Å². The highest BCUT2D eigenvalue weighted by Gasteiger charge is 2.11. The quantitative estimate of drug-likeness (QED) is 0.161. The van der Waals surface area contributed by atoms with E-state index in [4.69, 9.17) is 14.6 Å². The first-order valence-electron chi connectivity index (χ1n) is 12.6. The van der Waals surface area contributed by atoms with Crippen LogP contribution >= 0.6 is 0 Å². The predicted molar refractivity (Wildman–Crippen MR) is 129 cm³/mol. The van der Waals surface area contributed by atoms with Gasteiger partial charge in [0.1, 0.15) is 6.10 Å². The molecule has 0 amide bonds. The summed E-state index contributed by atoms with van der Waals surface area (Å²) in [5.74, 6) is -0.868. The number of carbonyl (C=O) groups is 2. The van der Waals surface area contributed by atoms with Gasteiger partial charge in [0, 0.05) is 20.0 Å². The van der Waals surface area contributed by atoms with Gasteiger partial charge < -0.3 is 14.6 Å². The standard InChI is InChI=1S/C27H44O5/c1-24(28)32-26(20-15-16-22-31-23-25-17-11-10-12-18-25)19-13-8-6-4-2-3-5-7-9-14-21-27(29)30/h10-12,17-18,26H,2-9,13-16,19-23H2,1H3,(H,29,30). The fourth-order valence-corrected chi connectivity index (χ4v) is 3.90. The molecule has 182 valence electrons. The van der Waals surface area contributed by atoms with Crippen LogP contribution in [0.4, 0.5) is 0 Å². The second kappa shape index (κ2) is 19.8. The Morgan fingerprint density at radius 3 is 1.88 bits per heavy atom. The van der Waals surface area contributed by atoms with Crippen molar-refractivity contribution in [1.29, 1.82) is 0 Å². The zero-order valence-corrected chi connectivity index (χ0v) is 20.1. The van der Waals surface area contributed by atoms with Gasteiger partial charge in [-0.3, -0.25) is 9.59 Å². The average Bonchev–Trinajstić information content (AvgIpc) is 2.76. The first kappa shape index (κ1) is 28.2. The molecule has 0 saturated carbocycles. The third kappa shape index (κ3) is 17.8. The van der Waals surface area contributed by atoms with Crippen molar-refractivity contribution in [2.24, 2.45) is 0 Å². The van der Waals surface area contributed by atoms with Gasteiger partial charge in [0.15, 0.2) is 0 Å². The first-order valence-corrected chi connectivity index (χ1v) is 12.6. The van der Waals surface area contributed by atoms with E-state index in [2.05, 4.69) is 12.1 Å². The smallest absolute Gasteiger partial charge is 0.303 e. The van der Waals surface area contributed by atoms with Crippen LogP contribution in [0.25, 0.3) is 0 Å². The van der Waals surface area contributed by atoms with E-state index in [0.717, 1.165) is 58.0 Å². The number of carbonyl (C=O) groups excluding carboxylic acids is 1. The normalized spacial score (nSPS) is 11.9. The van der Waals surface area contributed by atoms with E-state index in [1.54, 1.807) is 0 Å². The Morgan fingerprint density at radius 2 is 1.31 bits per heavy atom. The molecule has 1 aromatic rings. The number of rotatable bonds is 21. The Labute approximate surface area is 194 Å². The van der Waals surface area contributed by atoms with Gasteiger partial charge in [-0.15, -0.1) is 0 Å². The molecule has 1 aromatic carbocycles. The maximum Gasteiger partial charge on any atom is 0.303 e. The molecule has 0 radical (unpaired) electrons. The summed E-state index contributed by atoms with van der Waals surface area (Å²) in [5.41, 5.74) is 1.20. The molecule has 5 nitrogen and oxygen atoms in total. The fraction of sp³-hybridized carbons (Fsp3) is 0.704. The van der Waals surface area contributed by atoms with Crippen LogP contribution in [0.15, 0.2) is 30.3 Å². The lowest BCUT2D eigenvalue weighted by molar-refractivity contribution is -0.147. The number of ether oxygens (including phenoxy) is 2. The van der Waals surface area contributed by atoms with Crippen molar-refractivity contribution in [1.82, 2.24) is 0 Å². The van der Waals surface area contributed by atoms with E-state index in [1.165, 1.54) is 51.0 Å². The summed E-state index contributed by atoms with van der Waals surface area (Å²) in [4.78, 5) is 21.9. The molecule has 0 heterocycles. The number of esters is 1. The van der Waals surface area contributed by atoms with E-state index >= 15 is 0 Å². The van der Waals surface area contributed by atoms with Crippen LogP contribution in [-0.2, 0) is 25.7 Å². The number of carboxylic acid groups (broad SMARTS) is 1. The highest BCUT2D eigenvalue weighted by Crippen LogP contribution is 2.16. The molecule has 0 aromatic heterocycles. The van der Waals surface area contributed by atoms with Crippen LogP contribution in [0.1, 0.15) is 109 Å². The molecule has 1 rings (SSSR count). The minimum absolute atomic E-state index is 0.0347. The van der Waals surface area contributed by atoms with E-state index in [9.17, 15) is 9.59 Å². The summed E-state index contributed by atoms with van der Waals surface area (Å²) in [7, 11) is 0. The van der Waals surface area contributed by atoms with Crippen LogP contribution in [0, 0.1) is 0 Å². The fourth-order valence-electron chi connectivity index (χ4n) is 3.90. The van der Waals surface area contributed by atoms with E-state index in [1.807, 2.05) is 18.2 Å². The van der Waals surface area contributed by atoms with Crippen LogP contribution in [0.3, 0.4) is 0 Å². The number of hydrogen-bond donors (Lipinski definition) is 1. The summed E-state index contributed by atoms with van der Waals surface area (Å²) in [6, 6.07) is 10.2. The molecular weight excluding hydrogens is 404 g/mol. The lowest BCUT2D eigenvalue weighted by atomic mass is 10.0. The molecule has 0 saturated heterocycles. The Morgan fingerprint density at radius 1 is 0.781 bits per heavy atom. The highest BCUT2D eigenvalue weighted by atomic mass is 16.5. The van der Waals surface area contributed by atoms with Crippen LogP contribution < -0.4 is 0 Å². The van der Waals surface area contributed by atoms with Crippen LogP contribution in [0.5, 0.6) is 0 Å². The first-order chi connectivity index (χ1) is 15.6. The molecule has 1 N–H and O–H groups in total. The maximum atomic E-state index is 11.4. The lowest BCUT2D eigenvalue weighted by Gasteiger charge is -2.17. The van der Waals surface area contributed by atoms with E-state index < -0.39 is 5.97 Å². The Balaban J connectivity index is 1.97. The van der Waals surface area contributed by atoms with Crippen LogP contribution in [-0.4, -0.2) is 29.8 Å². The third-order valence-electron chi connectivity index (χ3n) is 5.68. The van der Waals surface area contributed by atoms with Gasteiger partial charge >= 0.3 is 11.9 Å². The Bertz CT molecular complexity index is 587.